The van der Waals surface area contributed by atoms with Crippen molar-refractivity contribution in [2.45, 2.75) is 82.6 Å². The molecule has 4 heteroatoms. The van der Waals surface area contributed by atoms with Gasteiger partial charge < -0.3 is 15.4 Å². The first kappa shape index (κ1) is 21.7. The summed E-state index contributed by atoms with van der Waals surface area (Å²) in [7, 11) is 1.77. The number of para-hydroxylation sites is 1. The lowest BCUT2D eigenvalue weighted by molar-refractivity contribution is -0.126. The Hall–Kier alpha value is -1.55. The van der Waals surface area contributed by atoms with Gasteiger partial charge in [-0.05, 0) is 93.8 Å². The van der Waals surface area contributed by atoms with Crippen LogP contribution in [0.5, 0.6) is 5.75 Å². The molecule has 0 bridgehead atoms. The minimum atomic E-state index is 0.294. The van der Waals surface area contributed by atoms with Crippen molar-refractivity contribution < 1.29 is 9.53 Å². The van der Waals surface area contributed by atoms with Gasteiger partial charge >= 0.3 is 0 Å². The minimum Gasteiger partial charge on any atom is -0.496 e. The number of nitrogens with one attached hydrogen (secondary N) is 2. The summed E-state index contributed by atoms with van der Waals surface area (Å²) in [4.78, 5) is 12.5. The van der Waals surface area contributed by atoms with E-state index in [1.165, 1.54) is 63.4 Å². The van der Waals surface area contributed by atoms with Crippen molar-refractivity contribution in [3.63, 3.8) is 0 Å². The second kappa shape index (κ2) is 10.7. The van der Waals surface area contributed by atoms with E-state index in [4.69, 9.17) is 4.74 Å². The van der Waals surface area contributed by atoms with Crippen LogP contribution in [0.2, 0.25) is 0 Å². The molecule has 4 nitrogen and oxygen atoms in total. The monoisotopic (exact) mass is 412 g/mol. The lowest BCUT2D eigenvalue weighted by Crippen LogP contribution is -2.41. The second-order valence-corrected chi connectivity index (χ2v) is 9.90. The van der Waals surface area contributed by atoms with E-state index in [0.717, 1.165) is 43.5 Å². The van der Waals surface area contributed by atoms with E-state index in [9.17, 15) is 4.79 Å². The van der Waals surface area contributed by atoms with E-state index in [-0.39, 0.29) is 0 Å². The summed E-state index contributed by atoms with van der Waals surface area (Å²) in [6.07, 6.45) is 13.4. The number of benzene rings is 1. The predicted octanol–water partition coefficient (Wildman–Crippen LogP) is 5.03. The summed E-state index contributed by atoms with van der Waals surface area (Å²) in [6, 6.07) is 8.89. The molecule has 2 N–H and O–H groups in total. The molecule has 0 aromatic heterocycles. The zero-order chi connectivity index (χ0) is 20.8. The van der Waals surface area contributed by atoms with Crippen molar-refractivity contribution in [3.8, 4) is 5.75 Å². The Labute approximate surface area is 182 Å². The van der Waals surface area contributed by atoms with Crippen LogP contribution in [0.3, 0.4) is 0 Å². The Morgan fingerprint density at radius 1 is 1.03 bits per heavy atom. The van der Waals surface area contributed by atoms with Crippen molar-refractivity contribution in [2.75, 3.05) is 20.2 Å². The van der Waals surface area contributed by atoms with Crippen molar-refractivity contribution in [2.24, 2.45) is 17.8 Å². The first-order valence-electron chi connectivity index (χ1n) is 12.4. The Bertz CT molecular complexity index is 677. The number of methoxy groups -OCH3 is 1. The fourth-order valence-electron chi connectivity index (χ4n) is 5.70. The van der Waals surface area contributed by atoms with Crippen LogP contribution in [0.15, 0.2) is 24.3 Å². The highest BCUT2D eigenvalue weighted by Gasteiger charge is 2.39. The molecule has 0 aliphatic heterocycles. The van der Waals surface area contributed by atoms with Gasteiger partial charge in [-0.3, -0.25) is 4.79 Å². The molecule has 30 heavy (non-hydrogen) atoms. The van der Waals surface area contributed by atoms with E-state index < -0.39 is 0 Å². The molecular formula is C26H40N2O2. The van der Waals surface area contributed by atoms with Crippen LogP contribution in [-0.4, -0.2) is 32.1 Å². The van der Waals surface area contributed by atoms with Gasteiger partial charge in [-0.25, -0.2) is 0 Å². The standard InChI is InChI=1S/C26H40N2O2/c1-30-25-10-6-5-9-23(25)24-17-21(24)18-27-16-15-19-11-13-22(14-12-19)28-26(29)20-7-3-2-4-8-20/h5-6,9-10,19-22,24,27H,2-4,7-8,11-18H2,1H3,(H,28,29)/t19?,21-,22?,24+/m0/s1. The van der Waals surface area contributed by atoms with E-state index in [0.29, 0.717) is 23.8 Å². The summed E-state index contributed by atoms with van der Waals surface area (Å²) >= 11 is 0. The third kappa shape index (κ3) is 5.78. The van der Waals surface area contributed by atoms with Gasteiger partial charge in [0, 0.05) is 12.0 Å². The number of hydrogen-bond donors (Lipinski definition) is 2. The molecular weight excluding hydrogens is 372 g/mol. The quantitative estimate of drug-likeness (QED) is 0.559. The summed E-state index contributed by atoms with van der Waals surface area (Å²) in [5.74, 6) is 3.92. The van der Waals surface area contributed by atoms with Crippen LogP contribution >= 0.6 is 0 Å². The third-order valence-corrected chi connectivity index (χ3v) is 7.77. The molecule has 0 radical (unpaired) electrons. The number of rotatable bonds is 9. The molecule has 3 aliphatic rings. The van der Waals surface area contributed by atoms with E-state index in [1.807, 2.05) is 6.07 Å². The lowest BCUT2D eigenvalue weighted by atomic mass is 9.83. The van der Waals surface area contributed by atoms with Crippen LogP contribution in [0.1, 0.15) is 82.1 Å². The molecule has 3 saturated carbocycles. The van der Waals surface area contributed by atoms with Crippen molar-refractivity contribution in [1.29, 1.82) is 0 Å². The Kier molecular flexibility index (Phi) is 7.70. The summed E-state index contributed by atoms with van der Waals surface area (Å²) < 4.78 is 5.52. The first-order chi connectivity index (χ1) is 14.7. The lowest BCUT2D eigenvalue weighted by Gasteiger charge is -2.31. The van der Waals surface area contributed by atoms with Gasteiger partial charge in [0.2, 0.25) is 5.91 Å². The van der Waals surface area contributed by atoms with Gasteiger partial charge in [0.15, 0.2) is 0 Å². The molecule has 2 atom stereocenters. The average molecular weight is 413 g/mol. The van der Waals surface area contributed by atoms with Gasteiger partial charge in [0.1, 0.15) is 5.75 Å². The molecule has 4 rings (SSSR count). The molecule has 0 heterocycles. The molecule has 1 aromatic rings. The van der Waals surface area contributed by atoms with Gasteiger partial charge in [0.25, 0.3) is 0 Å². The zero-order valence-electron chi connectivity index (χ0n) is 18.7. The maximum atomic E-state index is 12.5. The first-order valence-corrected chi connectivity index (χ1v) is 12.4. The Morgan fingerprint density at radius 2 is 1.80 bits per heavy atom. The van der Waals surface area contributed by atoms with Crippen LogP contribution in [-0.2, 0) is 4.79 Å². The maximum absolute atomic E-state index is 12.5. The smallest absolute Gasteiger partial charge is 0.223 e. The average Bonchev–Trinajstić information content (AvgIpc) is 3.57. The van der Waals surface area contributed by atoms with Gasteiger partial charge in [-0.15, -0.1) is 0 Å². The van der Waals surface area contributed by atoms with E-state index in [2.05, 4.69) is 28.8 Å². The van der Waals surface area contributed by atoms with Gasteiger partial charge in [-0.2, -0.15) is 0 Å². The molecule has 1 aromatic carbocycles. The van der Waals surface area contributed by atoms with Crippen LogP contribution in [0.4, 0.5) is 0 Å². The Balaban J connectivity index is 1.08. The predicted molar refractivity (Wildman–Crippen MR) is 122 cm³/mol. The highest BCUT2D eigenvalue weighted by atomic mass is 16.5. The maximum Gasteiger partial charge on any atom is 0.223 e. The highest BCUT2D eigenvalue weighted by Crippen LogP contribution is 2.49. The van der Waals surface area contributed by atoms with Crippen LogP contribution < -0.4 is 15.4 Å². The zero-order valence-corrected chi connectivity index (χ0v) is 18.7. The number of carbonyl (C=O) groups is 1. The fraction of sp³-hybridized carbons (Fsp3) is 0.731. The minimum absolute atomic E-state index is 0.294. The number of amides is 1. The molecule has 166 valence electrons. The van der Waals surface area contributed by atoms with Crippen molar-refractivity contribution in [1.82, 2.24) is 10.6 Å². The van der Waals surface area contributed by atoms with Gasteiger partial charge in [-0.1, -0.05) is 37.5 Å². The second-order valence-electron chi connectivity index (χ2n) is 9.90. The van der Waals surface area contributed by atoms with Crippen LogP contribution in [0.25, 0.3) is 0 Å². The number of carbonyl (C=O) groups excluding carboxylic acids is 1. The number of ether oxygens (including phenoxy) is 1. The number of hydrogen-bond acceptors (Lipinski definition) is 3. The van der Waals surface area contributed by atoms with E-state index in [1.54, 1.807) is 7.11 Å². The molecule has 0 saturated heterocycles. The molecule has 3 aliphatic carbocycles. The molecule has 0 spiro atoms. The van der Waals surface area contributed by atoms with Gasteiger partial charge in [0.05, 0.1) is 7.11 Å². The van der Waals surface area contributed by atoms with Crippen LogP contribution in [0, 0.1) is 17.8 Å². The summed E-state index contributed by atoms with van der Waals surface area (Å²) in [5.41, 5.74) is 1.38. The largest absolute Gasteiger partial charge is 0.496 e. The summed E-state index contributed by atoms with van der Waals surface area (Å²) in [5, 5.41) is 7.07. The molecule has 0 unspecified atom stereocenters. The topological polar surface area (TPSA) is 50.4 Å². The Morgan fingerprint density at radius 3 is 2.57 bits per heavy atom. The SMILES string of the molecule is COc1ccccc1[C@@H]1C[C@H]1CNCCC1CCC(NC(=O)C2CCCCC2)CC1. The third-order valence-electron chi connectivity index (χ3n) is 7.77. The normalized spacial score (nSPS) is 29.4. The van der Waals surface area contributed by atoms with Crippen molar-refractivity contribution in [3.05, 3.63) is 29.8 Å². The molecule has 3 fully saturated rings. The highest BCUT2D eigenvalue weighted by molar-refractivity contribution is 5.79. The fourth-order valence-corrected chi connectivity index (χ4v) is 5.70. The van der Waals surface area contributed by atoms with Crippen molar-refractivity contribution >= 4 is 5.91 Å². The molecule has 1 amide bonds. The summed E-state index contributed by atoms with van der Waals surface area (Å²) in [6.45, 7) is 2.24. The van der Waals surface area contributed by atoms with E-state index >= 15 is 0 Å².